The van der Waals surface area contributed by atoms with Crippen LogP contribution < -0.4 is 0 Å². The van der Waals surface area contributed by atoms with Gasteiger partial charge in [-0.05, 0) is 24.1 Å². The molecule has 3 rings (SSSR count). The van der Waals surface area contributed by atoms with Crippen molar-refractivity contribution < 1.29 is 9.47 Å². The van der Waals surface area contributed by atoms with Crippen molar-refractivity contribution in [3.05, 3.63) is 42.1 Å². The molecule has 0 unspecified atom stereocenters. The number of ether oxygens (including phenoxy) is 2. The van der Waals surface area contributed by atoms with Crippen LogP contribution in [-0.4, -0.2) is 49.4 Å². The van der Waals surface area contributed by atoms with Crippen molar-refractivity contribution in [1.29, 1.82) is 0 Å². The number of morpholine rings is 1. The van der Waals surface area contributed by atoms with Crippen LogP contribution in [0.15, 0.2) is 36.5 Å². The molecule has 1 saturated heterocycles. The molecule has 1 aliphatic heterocycles. The lowest BCUT2D eigenvalue weighted by Crippen LogP contribution is -2.42. The van der Waals surface area contributed by atoms with Crippen molar-refractivity contribution >= 4 is 10.9 Å². The number of aromatic nitrogens is 1. The van der Waals surface area contributed by atoms with Gasteiger partial charge < -0.3 is 9.47 Å². The van der Waals surface area contributed by atoms with Gasteiger partial charge in [-0.1, -0.05) is 18.2 Å². The molecule has 0 aliphatic carbocycles. The zero-order chi connectivity index (χ0) is 14.5. The molecule has 1 fully saturated rings. The molecule has 0 spiro atoms. The van der Waals surface area contributed by atoms with Gasteiger partial charge in [0.2, 0.25) is 0 Å². The van der Waals surface area contributed by atoms with Crippen LogP contribution in [0, 0.1) is 0 Å². The summed E-state index contributed by atoms with van der Waals surface area (Å²) >= 11 is 0. The average molecular weight is 286 g/mol. The van der Waals surface area contributed by atoms with Crippen LogP contribution in [-0.2, 0) is 16.0 Å². The minimum absolute atomic E-state index is 0.284. The topological polar surface area (TPSA) is 34.6 Å². The number of hydrogen-bond donors (Lipinski definition) is 0. The van der Waals surface area contributed by atoms with E-state index >= 15 is 0 Å². The zero-order valence-electron chi connectivity index (χ0n) is 12.5. The van der Waals surface area contributed by atoms with Crippen molar-refractivity contribution in [2.24, 2.45) is 0 Å². The number of methoxy groups -OCH3 is 1. The lowest BCUT2D eigenvalue weighted by molar-refractivity contribution is -0.0431. The highest BCUT2D eigenvalue weighted by Gasteiger charge is 2.20. The molecular formula is C17H22N2O2. The van der Waals surface area contributed by atoms with E-state index in [0.29, 0.717) is 0 Å². The van der Waals surface area contributed by atoms with Crippen molar-refractivity contribution in [2.45, 2.75) is 19.1 Å². The summed E-state index contributed by atoms with van der Waals surface area (Å²) < 4.78 is 11.0. The Morgan fingerprint density at radius 1 is 1.33 bits per heavy atom. The second-order valence-corrected chi connectivity index (χ2v) is 5.50. The van der Waals surface area contributed by atoms with Gasteiger partial charge in [-0.25, -0.2) is 0 Å². The maximum atomic E-state index is 5.80. The first-order chi connectivity index (χ1) is 10.4. The van der Waals surface area contributed by atoms with Crippen LogP contribution in [0.2, 0.25) is 0 Å². The standard InChI is InChI=1S/C17H22N2O2/c1-20-10-7-15-13-19(9-11-21-15)12-14-6-8-18-17-5-3-2-4-16(14)17/h2-6,8,15H,7,9-13H2,1H3/t15-/m1/s1. The SMILES string of the molecule is COCC[C@@H]1CN(Cc2ccnc3ccccc23)CCO1. The van der Waals surface area contributed by atoms with Crippen molar-refractivity contribution in [2.75, 3.05) is 33.4 Å². The predicted octanol–water partition coefficient (Wildman–Crippen LogP) is 2.47. The number of nitrogens with zero attached hydrogens (tertiary/aromatic N) is 2. The van der Waals surface area contributed by atoms with E-state index in [-0.39, 0.29) is 6.10 Å². The Morgan fingerprint density at radius 2 is 2.24 bits per heavy atom. The van der Waals surface area contributed by atoms with Gasteiger partial charge in [0.15, 0.2) is 0 Å². The Morgan fingerprint density at radius 3 is 3.14 bits per heavy atom. The Balaban J connectivity index is 1.70. The molecular weight excluding hydrogens is 264 g/mol. The Labute approximate surface area is 125 Å². The third-order valence-electron chi connectivity index (χ3n) is 4.00. The van der Waals surface area contributed by atoms with Gasteiger partial charge in [-0.2, -0.15) is 0 Å². The zero-order valence-corrected chi connectivity index (χ0v) is 12.5. The Hall–Kier alpha value is -1.49. The highest BCUT2D eigenvalue weighted by atomic mass is 16.5. The summed E-state index contributed by atoms with van der Waals surface area (Å²) in [5, 5.41) is 1.25. The van der Waals surface area contributed by atoms with Gasteiger partial charge in [0.05, 0.1) is 18.2 Å². The van der Waals surface area contributed by atoms with Gasteiger partial charge in [-0.15, -0.1) is 0 Å². The fraction of sp³-hybridized carbons (Fsp3) is 0.471. The molecule has 1 aliphatic rings. The lowest BCUT2D eigenvalue weighted by atomic mass is 10.1. The molecule has 0 saturated carbocycles. The third kappa shape index (κ3) is 3.59. The molecule has 0 bridgehead atoms. The maximum absolute atomic E-state index is 5.80. The molecule has 4 nitrogen and oxygen atoms in total. The van der Waals surface area contributed by atoms with Gasteiger partial charge in [0, 0.05) is 44.9 Å². The number of fused-ring (bicyclic) bond motifs is 1. The molecule has 112 valence electrons. The summed E-state index contributed by atoms with van der Waals surface area (Å²) in [6.45, 7) is 4.48. The van der Waals surface area contributed by atoms with E-state index in [1.165, 1.54) is 10.9 Å². The van der Waals surface area contributed by atoms with Crippen LogP contribution in [0.25, 0.3) is 10.9 Å². The van der Waals surface area contributed by atoms with Crippen molar-refractivity contribution in [1.82, 2.24) is 9.88 Å². The highest BCUT2D eigenvalue weighted by molar-refractivity contribution is 5.81. The Kier molecular flexibility index (Phi) is 4.80. The lowest BCUT2D eigenvalue weighted by Gasteiger charge is -2.33. The molecule has 0 radical (unpaired) electrons. The molecule has 2 aromatic rings. The third-order valence-corrected chi connectivity index (χ3v) is 4.00. The van der Waals surface area contributed by atoms with E-state index in [4.69, 9.17) is 9.47 Å². The number of pyridine rings is 1. The second-order valence-electron chi connectivity index (χ2n) is 5.50. The molecule has 4 heteroatoms. The fourth-order valence-electron chi connectivity index (χ4n) is 2.88. The van der Waals surface area contributed by atoms with Gasteiger partial charge in [-0.3, -0.25) is 9.88 Å². The smallest absolute Gasteiger partial charge is 0.0724 e. The van der Waals surface area contributed by atoms with E-state index in [1.54, 1.807) is 7.11 Å². The number of benzene rings is 1. The van der Waals surface area contributed by atoms with Gasteiger partial charge in [0.1, 0.15) is 0 Å². The maximum Gasteiger partial charge on any atom is 0.0724 e. The molecule has 1 aromatic heterocycles. The van der Waals surface area contributed by atoms with E-state index in [2.05, 4.69) is 34.1 Å². The summed E-state index contributed by atoms with van der Waals surface area (Å²) in [7, 11) is 1.74. The monoisotopic (exact) mass is 286 g/mol. The molecule has 1 atom stereocenters. The Bertz CT molecular complexity index is 583. The summed E-state index contributed by atoms with van der Waals surface area (Å²) in [6, 6.07) is 10.5. The fourth-order valence-corrected chi connectivity index (χ4v) is 2.88. The van der Waals surface area contributed by atoms with E-state index in [0.717, 1.165) is 44.8 Å². The average Bonchev–Trinajstić information content (AvgIpc) is 2.54. The first-order valence-electron chi connectivity index (χ1n) is 7.52. The number of hydrogen-bond acceptors (Lipinski definition) is 4. The number of para-hydroxylation sites is 1. The van der Waals surface area contributed by atoms with E-state index in [9.17, 15) is 0 Å². The van der Waals surface area contributed by atoms with E-state index < -0.39 is 0 Å². The van der Waals surface area contributed by atoms with Crippen LogP contribution in [0.5, 0.6) is 0 Å². The summed E-state index contributed by atoms with van der Waals surface area (Å²) in [6.07, 6.45) is 3.15. The minimum Gasteiger partial charge on any atom is -0.385 e. The minimum atomic E-state index is 0.284. The van der Waals surface area contributed by atoms with Crippen LogP contribution >= 0.6 is 0 Å². The highest BCUT2D eigenvalue weighted by Crippen LogP contribution is 2.19. The summed E-state index contributed by atoms with van der Waals surface area (Å²) in [5.74, 6) is 0. The molecule has 21 heavy (non-hydrogen) atoms. The van der Waals surface area contributed by atoms with E-state index in [1.807, 2.05) is 12.3 Å². The van der Waals surface area contributed by atoms with Gasteiger partial charge >= 0.3 is 0 Å². The summed E-state index contributed by atoms with van der Waals surface area (Å²) in [4.78, 5) is 6.89. The predicted molar refractivity (Wildman–Crippen MR) is 83.3 cm³/mol. The van der Waals surface area contributed by atoms with Crippen molar-refractivity contribution in [3.63, 3.8) is 0 Å². The first kappa shape index (κ1) is 14.4. The molecule has 0 N–H and O–H groups in total. The molecule has 2 heterocycles. The second kappa shape index (κ2) is 6.98. The van der Waals surface area contributed by atoms with Gasteiger partial charge in [0.25, 0.3) is 0 Å². The van der Waals surface area contributed by atoms with Crippen LogP contribution in [0.1, 0.15) is 12.0 Å². The first-order valence-corrected chi connectivity index (χ1v) is 7.52. The quantitative estimate of drug-likeness (QED) is 0.846. The molecule has 1 aromatic carbocycles. The van der Waals surface area contributed by atoms with Crippen molar-refractivity contribution in [3.8, 4) is 0 Å². The number of rotatable bonds is 5. The normalized spacial score (nSPS) is 20.0. The summed E-state index contributed by atoms with van der Waals surface area (Å²) in [5.41, 5.74) is 2.41. The largest absolute Gasteiger partial charge is 0.385 e. The van der Waals surface area contributed by atoms with Crippen LogP contribution in [0.3, 0.4) is 0 Å². The van der Waals surface area contributed by atoms with Crippen LogP contribution in [0.4, 0.5) is 0 Å². The molecule has 0 amide bonds.